The van der Waals surface area contributed by atoms with E-state index in [9.17, 15) is 0 Å². The minimum absolute atomic E-state index is 0.770. The standard InChI is InChI=1S/C12H17BrN2S/c1-2-11-9-15(5-6-16-11)12-4-3-10(7-13)8-14-12/h3-4,8,11H,2,5-7,9H2,1H3. The molecular formula is C12H17BrN2S. The number of hydrogen-bond donors (Lipinski definition) is 0. The van der Waals surface area contributed by atoms with Crippen molar-refractivity contribution in [2.24, 2.45) is 0 Å². The molecule has 0 aromatic carbocycles. The van der Waals surface area contributed by atoms with Crippen LogP contribution in [0.3, 0.4) is 0 Å². The second-order valence-electron chi connectivity index (χ2n) is 4.01. The maximum atomic E-state index is 4.53. The van der Waals surface area contributed by atoms with Gasteiger partial charge in [-0.1, -0.05) is 28.9 Å². The van der Waals surface area contributed by atoms with Gasteiger partial charge in [0.2, 0.25) is 0 Å². The van der Waals surface area contributed by atoms with Crippen molar-refractivity contribution in [1.82, 2.24) is 4.98 Å². The molecule has 1 fully saturated rings. The van der Waals surface area contributed by atoms with E-state index in [1.54, 1.807) is 0 Å². The van der Waals surface area contributed by atoms with Crippen LogP contribution >= 0.6 is 27.7 Å². The van der Waals surface area contributed by atoms with Crippen LogP contribution < -0.4 is 4.90 Å². The smallest absolute Gasteiger partial charge is 0.128 e. The lowest BCUT2D eigenvalue weighted by Gasteiger charge is -2.32. The van der Waals surface area contributed by atoms with Gasteiger partial charge in [-0.2, -0.15) is 11.8 Å². The molecule has 1 aliphatic rings. The van der Waals surface area contributed by atoms with E-state index in [0.29, 0.717) is 0 Å². The van der Waals surface area contributed by atoms with Crippen LogP contribution in [0, 0.1) is 0 Å². The fourth-order valence-electron chi connectivity index (χ4n) is 1.86. The van der Waals surface area contributed by atoms with E-state index in [1.165, 1.54) is 17.7 Å². The highest BCUT2D eigenvalue weighted by atomic mass is 79.9. The van der Waals surface area contributed by atoms with Crippen LogP contribution in [0.15, 0.2) is 18.3 Å². The SMILES string of the molecule is CCC1CN(c2ccc(CBr)cn2)CCS1. The number of aromatic nitrogens is 1. The van der Waals surface area contributed by atoms with Crippen molar-refractivity contribution < 1.29 is 0 Å². The highest BCUT2D eigenvalue weighted by molar-refractivity contribution is 9.08. The highest BCUT2D eigenvalue weighted by Gasteiger charge is 2.19. The largest absolute Gasteiger partial charge is 0.355 e. The summed E-state index contributed by atoms with van der Waals surface area (Å²) < 4.78 is 0. The summed E-state index contributed by atoms with van der Waals surface area (Å²) in [6.07, 6.45) is 3.22. The molecule has 0 bridgehead atoms. The van der Waals surface area contributed by atoms with Crippen LogP contribution in [0.5, 0.6) is 0 Å². The van der Waals surface area contributed by atoms with Gasteiger partial charge >= 0.3 is 0 Å². The molecule has 1 unspecified atom stereocenters. The van der Waals surface area contributed by atoms with Gasteiger partial charge in [0, 0.05) is 35.6 Å². The normalized spacial score (nSPS) is 21.1. The van der Waals surface area contributed by atoms with E-state index in [4.69, 9.17) is 0 Å². The quantitative estimate of drug-likeness (QED) is 0.797. The number of rotatable bonds is 3. The summed E-state index contributed by atoms with van der Waals surface area (Å²) >= 11 is 5.53. The number of anilines is 1. The molecule has 0 amide bonds. The molecule has 2 heterocycles. The predicted molar refractivity (Wildman–Crippen MR) is 75.6 cm³/mol. The molecule has 1 atom stereocenters. The van der Waals surface area contributed by atoms with Crippen LogP contribution in [0.4, 0.5) is 5.82 Å². The molecule has 16 heavy (non-hydrogen) atoms. The third-order valence-corrected chi connectivity index (χ3v) is 4.90. The molecule has 88 valence electrons. The Morgan fingerprint density at radius 1 is 1.56 bits per heavy atom. The minimum Gasteiger partial charge on any atom is -0.355 e. The average molecular weight is 301 g/mol. The van der Waals surface area contributed by atoms with E-state index in [2.05, 4.69) is 56.6 Å². The molecule has 2 rings (SSSR count). The van der Waals surface area contributed by atoms with Crippen LogP contribution in [0.1, 0.15) is 18.9 Å². The molecule has 4 heteroatoms. The van der Waals surface area contributed by atoms with Crippen molar-refractivity contribution in [2.75, 3.05) is 23.7 Å². The second kappa shape index (κ2) is 5.92. The first-order valence-corrected chi connectivity index (χ1v) is 7.88. The average Bonchev–Trinajstić information content (AvgIpc) is 2.39. The zero-order valence-electron chi connectivity index (χ0n) is 9.53. The first kappa shape index (κ1) is 12.2. The Hall–Kier alpha value is -0.220. The number of halogens is 1. The molecule has 1 aromatic heterocycles. The maximum Gasteiger partial charge on any atom is 0.128 e. The van der Waals surface area contributed by atoms with Crippen LogP contribution in [-0.4, -0.2) is 29.1 Å². The van der Waals surface area contributed by atoms with Gasteiger partial charge in [-0.05, 0) is 18.1 Å². The summed E-state index contributed by atoms with van der Waals surface area (Å²) in [6.45, 7) is 4.53. The predicted octanol–water partition coefficient (Wildman–Crippen LogP) is 3.31. The summed E-state index contributed by atoms with van der Waals surface area (Å²) in [7, 11) is 0. The summed E-state index contributed by atoms with van der Waals surface area (Å²) in [5.41, 5.74) is 1.24. The highest BCUT2D eigenvalue weighted by Crippen LogP contribution is 2.24. The van der Waals surface area contributed by atoms with Crippen molar-refractivity contribution in [1.29, 1.82) is 0 Å². The Morgan fingerprint density at radius 2 is 2.44 bits per heavy atom. The van der Waals surface area contributed by atoms with Gasteiger partial charge in [0.05, 0.1) is 0 Å². The maximum absolute atomic E-state index is 4.53. The van der Waals surface area contributed by atoms with Gasteiger partial charge in [-0.25, -0.2) is 4.98 Å². The molecule has 2 nitrogen and oxygen atoms in total. The molecular weight excluding hydrogens is 284 g/mol. The molecule has 0 radical (unpaired) electrons. The van der Waals surface area contributed by atoms with Gasteiger partial charge in [-0.15, -0.1) is 0 Å². The molecule has 1 saturated heterocycles. The zero-order chi connectivity index (χ0) is 11.4. The van der Waals surface area contributed by atoms with E-state index in [0.717, 1.165) is 29.5 Å². The first-order valence-electron chi connectivity index (χ1n) is 5.71. The number of hydrogen-bond acceptors (Lipinski definition) is 3. The van der Waals surface area contributed by atoms with Gasteiger partial charge in [0.15, 0.2) is 0 Å². The minimum atomic E-state index is 0.770. The zero-order valence-corrected chi connectivity index (χ0v) is 11.9. The Kier molecular flexibility index (Phi) is 4.53. The van der Waals surface area contributed by atoms with Crippen LogP contribution in [0.25, 0.3) is 0 Å². The summed E-state index contributed by atoms with van der Waals surface area (Å²) in [5.74, 6) is 2.35. The fraction of sp³-hybridized carbons (Fsp3) is 0.583. The lowest BCUT2D eigenvalue weighted by atomic mass is 10.2. The number of alkyl halides is 1. The number of thioether (sulfide) groups is 1. The molecule has 0 saturated carbocycles. The van der Waals surface area contributed by atoms with Crippen molar-refractivity contribution in [3.05, 3.63) is 23.9 Å². The van der Waals surface area contributed by atoms with Crippen molar-refractivity contribution in [3.63, 3.8) is 0 Å². The van der Waals surface area contributed by atoms with Crippen molar-refractivity contribution in [2.45, 2.75) is 23.9 Å². The first-order chi connectivity index (χ1) is 7.83. The van der Waals surface area contributed by atoms with Gasteiger partial charge in [-0.3, -0.25) is 0 Å². The Labute approximate surface area is 110 Å². The lowest BCUT2D eigenvalue weighted by molar-refractivity contribution is 0.720. The fourth-order valence-corrected chi connectivity index (χ4v) is 3.37. The summed E-state index contributed by atoms with van der Waals surface area (Å²) in [6, 6.07) is 4.29. The Morgan fingerprint density at radius 3 is 3.06 bits per heavy atom. The van der Waals surface area contributed by atoms with Gasteiger partial charge in [0.25, 0.3) is 0 Å². The van der Waals surface area contributed by atoms with Crippen molar-refractivity contribution in [3.8, 4) is 0 Å². The van der Waals surface area contributed by atoms with Gasteiger partial charge < -0.3 is 4.90 Å². The monoisotopic (exact) mass is 300 g/mol. The van der Waals surface area contributed by atoms with Gasteiger partial charge in [0.1, 0.15) is 5.82 Å². The summed E-state index contributed by atoms with van der Waals surface area (Å²) in [4.78, 5) is 6.93. The molecule has 0 spiro atoms. The van der Waals surface area contributed by atoms with Crippen LogP contribution in [0.2, 0.25) is 0 Å². The van der Waals surface area contributed by atoms with E-state index >= 15 is 0 Å². The van der Waals surface area contributed by atoms with Crippen LogP contribution in [-0.2, 0) is 5.33 Å². The number of nitrogens with zero attached hydrogens (tertiary/aromatic N) is 2. The van der Waals surface area contributed by atoms with E-state index in [1.807, 2.05) is 6.20 Å². The molecule has 1 aliphatic heterocycles. The van der Waals surface area contributed by atoms with E-state index in [-0.39, 0.29) is 0 Å². The third kappa shape index (κ3) is 2.92. The second-order valence-corrected chi connectivity index (χ2v) is 5.97. The van der Waals surface area contributed by atoms with E-state index < -0.39 is 0 Å². The summed E-state index contributed by atoms with van der Waals surface area (Å²) in [5, 5.41) is 1.65. The Balaban J connectivity index is 2.05. The molecule has 1 aromatic rings. The topological polar surface area (TPSA) is 16.1 Å². The Bertz CT molecular complexity index is 328. The number of pyridine rings is 1. The lowest BCUT2D eigenvalue weighted by Crippen LogP contribution is -2.38. The molecule has 0 N–H and O–H groups in total. The third-order valence-electron chi connectivity index (χ3n) is 2.88. The molecule has 0 aliphatic carbocycles. The van der Waals surface area contributed by atoms with Crippen molar-refractivity contribution >= 4 is 33.5 Å².